The van der Waals surface area contributed by atoms with Gasteiger partial charge < -0.3 is 4.74 Å². The van der Waals surface area contributed by atoms with Crippen molar-refractivity contribution in [2.24, 2.45) is 0 Å². The fraction of sp³-hybridized carbons (Fsp3) is 0.571. The second-order valence-electron chi connectivity index (χ2n) is 2.18. The highest BCUT2D eigenvalue weighted by Gasteiger charge is 2.04. The molecule has 2 nitrogen and oxygen atoms in total. The van der Waals surface area contributed by atoms with Gasteiger partial charge in [-0.15, -0.1) is 11.3 Å². The molecule has 1 heterocycles. The van der Waals surface area contributed by atoms with Gasteiger partial charge in [0.15, 0.2) is 0 Å². The molecule has 0 saturated carbocycles. The standard InChI is InChI=1S/C7H11NOS2/c1-6(5-9-2)11-7-8-3-4-10-7/h3-4,6H,5H2,1-2H3. The summed E-state index contributed by atoms with van der Waals surface area (Å²) in [5.41, 5.74) is 0. The second kappa shape index (κ2) is 4.74. The van der Waals surface area contributed by atoms with Crippen LogP contribution in [0.2, 0.25) is 0 Å². The molecular weight excluding hydrogens is 178 g/mol. The third-order valence-corrected chi connectivity index (χ3v) is 3.10. The van der Waals surface area contributed by atoms with E-state index in [4.69, 9.17) is 4.74 Å². The minimum Gasteiger partial charge on any atom is -0.384 e. The molecule has 62 valence electrons. The summed E-state index contributed by atoms with van der Waals surface area (Å²) >= 11 is 3.43. The van der Waals surface area contributed by atoms with Crippen molar-refractivity contribution in [2.45, 2.75) is 16.5 Å². The van der Waals surface area contributed by atoms with Crippen LogP contribution >= 0.6 is 23.1 Å². The molecule has 0 radical (unpaired) electrons. The molecule has 0 spiro atoms. The van der Waals surface area contributed by atoms with Crippen molar-refractivity contribution in [2.75, 3.05) is 13.7 Å². The smallest absolute Gasteiger partial charge is 0.150 e. The summed E-state index contributed by atoms with van der Waals surface area (Å²) in [6.45, 7) is 2.92. The third-order valence-electron chi connectivity index (χ3n) is 1.11. The zero-order chi connectivity index (χ0) is 8.10. The number of thiazole rings is 1. The van der Waals surface area contributed by atoms with Gasteiger partial charge in [0.1, 0.15) is 4.34 Å². The quantitative estimate of drug-likeness (QED) is 0.678. The molecule has 0 aliphatic heterocycles. The average molecular weight is 189 g/mol. The number of ether oxygens (including phenoxy) is 1. The van der Waals surface area contributed by atoms with Gasteiger partial charge in [0.2, 0.25) is 0 Å². The lowest BCUT2D eigenvalue weighted by Crippen LogP contribution is -2.04. The Hall–Kier alpha value is -0.0600. The first-order valence-corrected chi connectivity index (χ1v) is 5.14. The molecule has 1 aromatic heterocycles. The van der Waals surface area contributed by atoms with Crippen molar-refractivity contribution in [3.05, 3.63) is 11.6 Å². The van der Waals surface area contributed by atoms with Crippen LogP contribution in [-0.4, -0.2) is 24.0 Å². The summed E-state index contributed by atoms with van der Waals surface area (Å²) in [5, 5.41) is 2.48. The third kappa shape index (κ3) is 3.22. The molecule has 0 bridgehead atoms. The van der Waals surface area contributed by atoms with Crippen LogP contribution in [0.5, 0.6) is 0 Å². The van der Waals surface area contributed by atoms with Crippen molar-refractivity contribution >= 4 is 23.1 Å². The molecule has 1 aromatic rings. The van der Waals surface area contributed by atoms with Crippen LogP contribution in [0.4, 0.5) is 0 Å². The van der Waals surface area contributed by atoms with Gasteiger partial charge in [0.25, 0.3) is 0 Å². The number of thioether (sulfide) groups is 1. The first-order chi connectivity index (χ1) is 5.33. The van der Waals surface area contributed by atoms with E-state index in [2.05, 4.69) is 11.9 Å². The van der Waals surface area contributed by atoms with Crippen molar-refractivity contribution < 1.29 is 4.74 Å². The Labute approximate surface area is 75.0 Å². The molecule has 1 unspecified atom stereocenters. The fourth-order valence-corrected chi connectivity index (χ4v) is 2.62. The highest BCUT2D eigenvalue weighted by atomic mass is 32.2. The lowest BCUT2D eigenvalue weighted by Gasteiger charge is -2.05. The van der Waals surface area contributed by atoms with Gasteiger partial charge in [-0.05, 0) is 0 Å². The van der Waals surface area contributed by atoms with E-state index < -0.39 is 0 Å². The molecule has 0 aromatic carbocycles. The summed E-state index contributed by atoms with van der Waals surface area (Å²) in [6.07, 6.45) is 1.83. The van der Waals surface area contributed by atoms with Crippen molar-refractivity contribution in [3.63, 3.8) is 0 Å². The van der Waals surface area contributed by atoms with Crippen LogP contribution < -0.4 is 0 Å². The Morgan fingerprint density at radius 2 is 2.64 bits per heavy atom. The maximum absolute atomic E-state index is 5.01. The summed E-state index contributed by atoms with van der Waals surface area (Å²) in [6, 6.07) is 0. The van der Waals surface area contributed by atoms with E-state index in [0.717, 1.165) is 10.9 Å². The summed E-state index contributed by atoms with van der Waals surface area (Å²) in [7, 11) is 1.72. The lowest BCUT2D eigenvalue weighted by atomic mass is 10.5. The highest BCUT2D eigenvalue weighted by Crippen LogP contribution is 2.24. The molecule has 0 aliphatic carbocycles. The van der Waals surface area contributed by atoms with E-state index in [1.807, 2.05) is 11.6 Å². The van der Waals surface area contributed by atoms with Crippen LogP contribution in [0.3, 0.4) is 0 Å². The summed E-state index contributed by atoms with van der Waals surface area (Å²) in [4.78, 5) is 4.16. The molecule has 0 amide bonds. The van der Waals surface area contributed by atoms with Crippen LogP contribution in [0.25, 0.3) is 0 Å². The molecule has 1 rings (SSSR count). The van der Waals surface area contributed by atoms with E-state index in [-0.39, 0.29) is 0 Å². The minimum atomic E-state index is 0.492. The van der Waals surface area contributed by atoms with Crippen molar-refractivity contribution in [1.29, 1.82) is 0 Å². The van der Waals surface area contributed by atoms with E-state index in [0.29, 0.717) is 5.25 Å². The minimum absolute atomic E-state index is 0.492. The maximum atomic E-state index is 5.01. The van der Waals surface area contributed by atoms with Crippen LogP contribution in [0, 0.1) is 0 Å². The second-order valence-corrected chi connectivity index (χ2v) is 4.76. The van der Waals surface area contributed by atoms with Gasteiger partial charge in [-0.3, -0.25) is 0 Å². The molecule has 0 aliphatic rings. The average Bonchev–Trinajstić information content (AvgIpc) is 2.40. The Morgan fingerprint density at radius 1 is 1.82 bits per heavy atom. The lowest BCUT2D eigenvalue weighted by molar-refractivity contribution is 0.203. The topological polar surface area (TPSA) is 22.1 Å². The van der Waals surface area contributed by atoms with Crippen molar-refractivity contribution in [1.82, 2.24) is 4.98 Å². The number of rotatable bonds is 4. The van der Waals surface area contributed by atoms with Crippen LogP contribution in [0.15, 0.2) is 15.9 Å². The van der Waals surface area contributed by atoms with Gasteiger partial charge >= 0.3 is 0 Å². The van der Waals surface area contributed by atoms with E-state index in [1.165, 1.54) is 0 Å². The molecule has 11 heavy (non-hydrogen) atoms. The fourth-order valence-electron chi connectivity index (χ4n) is 0.709. The normalized spacial score (nSPS) is 13.3. The van der Waals surface area contributed by atoms with Gasteiger partial charge in [-0.1, -0.05) is 18.7 Å². The Morgan fingerprint density at radius 3 is 3.18 bits per heavy atom. The zero-order valence-corrected chi connectivity index (χ0v) is 8.24. The number of hydrogen-bond acceptors (Lipinski definition) is 4. The van der Waals surface area contributed by atoms with Crippen LogP contribution in [0.1, 0.15) is 6.92 Å². The number of methoxy groups -OCH3 is 1. The Bertz CT molecular complexity index is 188. The van der Waals surface area contributed by atoms with Crippen LogP contribution in [-0.2, 0) is 4.74 Å². The largest absolute Gasteiger partial charge is 0.384 e. The van der Waals surface area contributed by atoms with E-state index in [9.17, 15) is 0 Å². The first kappa shape index (κ1) is 9.03. The molecule has 0 N–H and O–H groups in total. The van der Waals surface area contributed by atoms with Gasteiger partial charge in [-0.25, -0.2) is 4.98 Å². The molecule has 0 saturated heterocycles. The van der Waals surface area contributed by atoms with Crippen molar-refractivity contribution in [3.8, 4) is 0 Å². The molecule has 0 fully saturated rings. The van der Waals surface area contributed by atoms with E-state index >= 15 is 0 Å². The number of hydrogen-bond donors (Lipinski definition) is 0. The Balaban J connectivity index is 2.31. The Kier molecular flexibility index (Phi) is 3.90. The SMILES string of the molecule is COCC(C)Sc1nccs1. The summed E-state index contributed by atoms with van der Waals surface area (Å²) in [5.74, 6) is 0. The number of nitrogens with zero attached hydrogens (tertiary/aromatic N) is 1. The number of aromatic nitrogens is 1. The monoisotopic (exact) mass is 189 g/mol. The van der Waals surface area contributed by atoms with E-state index in [1.54, 1.807) is 30.2 Å². The van der Waals surface area contributed by atoms with Gasteiger partial charge in [0, 0.05) is 23.9 Å². The summed E-state index contributed by atoms with van der Waals surface area (Å²) < 4.78 is 6.13. The maximum Gasteiger partial charge on any atom is 0.150 e. The first-order valence-electron chi connectivity index (χ1n) is 3.38. The predicted octanol–water partition coefficient (Wildman–Crippen LogP) is 2.27. The predicted molar refractivity (Wildman–Crippen MR) is 49.3 cm³/mol. The zero-order valence-electron chi connectivity index (χ0n) is 6.61. The van der Waals surface area contributed by atoms with Gasteiger partial charge in [-0.2, -0.15) is 0 Å². The van der Waals surface area contributed by atoms with Gasteiger partial charge in [0.05, 0.1) is 6.61 Å². The molecular formula is C7H11NOS2. The molecule has 1 atom stereocenters. The highest BCUT2D eigenvalue weighted by molar-refractivity contribution is 8.01. The molecule has 4 heteroatoms.